The highest BCUT2D eigenvalue weighted by Crippen LogP contribution is 2.27. The summed E-state index contributed by atoms with van der Waals surface area (Å²) in [4.78, 5) is 21.8. The van der Waals surface area contributed by atoms with E-state index in [4.69, 9.17) is 4.74 Å². The van der Waals surface area contributed by atoms with Gasteiger partial charge < -0.3 is 9.84 Å². The lowest BCUT2D eigenvalue weighted by Crippen LogP contribution is -2.19. The summed E-state index contributed by atoms with van der Waals surface area (Å²) in [6, 6.07) is 11.0. The van der Waals surface area contributed by atoms with E-state index in [0.29, 0.717) is 5.75 Å². The van der Waals surface area contributed by atoms with Crippen LogP contribution >= 0.6 is 0 Å². The maximum Gasteiger partial charge on any atom is 0.311 e. The topological polar surface area (TPSA) is 114 Å². The van der Waals surface area contributed by atoms with Crippen LogP contribution in [0.5, 0.6) is 11.5 Å². The molecule has 0 aliphatic rings. The van der Waals surface area contributed by atoms with Crippen LogP contribution < -0.4 is 10.2 Å². The van der Waals surface area contributed by atoms with Crippen molar-refractivity contribution in [3.63, 3.8) is 0 Å². The number of carbonyl (C=O) groups excluding carboxylic acids is 1. The molecule has 124 valence electrons. The zero-order valence-corrected chi connectivity index (χ0v) is 12.8. The van der Waals surface area contributed by atoms with Crippen LogP contribution in [0.15, 0.2) is 47.6 Å². The summed E-state index contributed by atoms with van der Waals surface area (Å²) >= 11 is 0. The normalized spacial score (nSPS) is 10.5. The molecule has 0 radical (unpaired) electrons. The van der Waals surface area contributed by atoms with Gasteiger partial charge in [0.25, 0.3) is 0 Å². The molecule has 0 spiro atoms. The average Bonchev–Trinajstić information content (AvgIpc) is 2.57. The molecule has 24 heavy (non-hydrogen) atoms. The third kappa shape index (κ3) is 4.29. The molecule has 8 heteroatoms. The Bertz CT molecular complexity index is 772. The first-order valence-electron chi connectivity index (χ1n) is 6.92. The van der Waals surface area contributed by atoms with Crippen molar-refractivity contribution in [2.75, 3.05) is 7.11 Å². The molecule has 0 saturated carbocycles. The van der Waals surface area contributed by atoms with Crippen molar-refractivity contribution in [1.29, 1.82) is 0 Å². The van der Waals surface area contributed by atoms with Crippen molar-refractivity contribution in [2.45, 2.75) is 6.42 Å². The molecule has 2 aromatic rings. The number of benzene rings is 2. The molecule has 0 bridgehead atoms. The van der Waals surface area contributed by atoms with E-state index in [-0.39, 0.29) is 17.9 Å². The number of rotatable bonds is 6. The van der Waals surface area contributed by atoms with E-state index in [1.54, 1.807) is 31.4 Å². The number of aromatic hydroxyl groups is 1. The zero-order valence-electron chi connectivity index (χ0n) is 12.8. The van der Waals surface area contributed by atoms with Crippen LogP contribution in [-0.2, 0) is 11.2 Å². The Morgan fingerprint density at radius 2 is 2.04 bits per heavy atom. The Hall–Kier alpha value is -3.42. The fraction of sp³-hybridized carbons (Fsp3) is 0.125. The van der Waals surface area contributed by atoms with Gasteiger partial charge in [-0.25, -0.2) is 5.43 Å². The van der Waals surface area contributed by atoms with Gasteiger partial charge in [-0.3, -0.25) is 14.9 Å². The fourth-order valence-corrected chi connectivity index (χ4v) is 1.94. The number of hydrogen-bond donors (Lipinski definition) is 2. The average molecular weight is 329 g/mol. The Morgan fingerprint density at radius 3 is 2.67 bits per heavy atom. The number of nitrogens with zero attached hydrogens (tertiary/aromatic N) is 2. The lowest BCUT2D eigenvalue weighted by atomic mass is 10.1. The van der Waals surface area contributed by atoms with Crippen LogP contribution in [0.1, 0.15) is 11.1 Å². The number of nitrogens with one attached hydrogen (secondary N) is 1. The number of hydrogen-bond acceptors (Lipinski definition) is 6. The second kappa shape index (κ2) is 7.73. The minimum atomic E-state index is -0.699. The molecule has 0 aromatic heterocycles. The lowest BCUT2D eigenvalue weighted by Gasteiger charge is -2.03. The second-order valence-corrected chi connectivity index (χ2v) is 4.79. The molecule has 0 atom stereocenters. The number of methoxy groups -OCH3 is 1. The van der Waals surface area contributed by atoms with E-state index in [9.17, 15) is 20.0 Å². The molecule has 2 aromatic carbocycles. The van der Waals surface area contributed by atoms with Gasteiger partial charge >= 0.3 is 5.69 Å². The molecular weight excluding hydrogens is 314 g/mol. The minimum absolute atomic E-state index is 0.113. The van der Waals surface area contributed by atoms with Gasteiger partial charge in [-0.1, -0.05) is 18.2 Å². The van der Waals surface area contributed by atoms with Crippen molar-refractivity contribution < 1.29 is 19.6 Å². The number of nitro benzene ring substituents is 1. The third-order valence-electron chi connectivity index (χ3n) is 3.16. The number of nitro groups is 1. The Labute approximate surface area is 137 Å². The van der Waals surface area contributed by atoms with Crippen LogP contribution in [0.4, 0.5) is 5.69 Å². The van der Waals surface area contributed by atoms with Crippen molar-refractivity contribution in [3.8, 4) is 11.5 Å². The first kappa shape index (κ1) is 16.9. The maximum absolute atomic E-state index is 11.8. The number of phenols is 1. The van der Waals surface area contributed by atoms with Crippen molar-refractivity contribution in [1.82, 2.24) is 5.43 Å². The smallest absolute Gasteiger partial charge is 0.311 e. The largest absolute Gasteiger partial charge is 0.502 e. The number of para-hydroxylation sites is 1. The molecule has 8 nitrogen and oxygen atoms in total. The van der Waals surface area contributed by atoms with Crippen molar-refractivity contribution in [2.24, 2.45) is 5.10 Å². The molecular formula is C16H15N3O5. The quantitative estimate of drug-likeness (QED) is 0.478. The van der Waals surface area contributed by atoms with Crippen molar-refractivity contribution >= 4 is 17.8 Å². The number of phenolic OH excluding ortho intramolecular Hbond substituents is 1. The third-order valence-corrected chi connectivity index (χ3v) is 3.16. The summed E-state index contributed by atoms with van der Waals surface area (Å²) in [5.41, 5.74) is 2.79. The SMILES string of the molecule is COc1ccc(CC(=O)N/N=C/c2cccc([N+](=O)[O-])c2O)cc1. The van der Waals surface area contributed by atoms with Gasteiger partial charge in [0.1, 0.15) is 5.75 Å². The van der Waals surface area contributed by atoms with Crippen LogP contribution in [0.3, 0.4) is 0 Å². The summed E-state index contributed by atoms with van der Waals surface area (Å²) in [6.45, 7) is 0. The van der Waals surface area contributed by atoms with Crippen molar-refractivity contribution in [3.05, 3.63) is 63.7 Å². The maximum atomic E-state index is 11.8. The number of carbonyl (C=O) groups is 1. The van der Waals surface area contributed by atoms with Gasteiger partial charge in [-0.15, -0.1) is 0 Å². The van der Waals surface area contributed by atoms with Gasteiger partial charge in [0.05, 0.1) is 24.7 Å². The molecule has 0 saturated heterocycles. The Balaban J connectivity index is 1.97. The Kier molecular flexibility index (Phi) is 5.45. The fourth-order valence-electron chi connectivity index (χ4n) is 1.94. The summed E-state index contributed by atoms with van der Waals surface area (Å²) in [5, 5.41) is 24.2. The molecule has 0 aliphatic carbocycles. The molecule has 0 fully saturated rings. The molecule has 1 amide bonds. The molecule has 0 unspecified atom stereocenters. The summed E-state index contributed by atoms with van der Waals surface area (Å²) < 4.78 is 5.03. The van der Waals surface area contributed by atoms with Crippen LogP contribution in [-0.4, -0.2) is 29.3 Å². The first-order chi connectivity index (χ1) is 11.5. The van der Waals surface area contributed by atoms with Crippen LogP contribution in [0.25, 0.3) is 0 Å². The minimum Gasteiger partial charge on any atom is -0.502 e. The molecule has 2 N–H and O–H groups in total. The highest BCUT2D eigenvalue weighted by molar-refractivity contribution is 5.87. The first-order valence-corrected chi connectivity index (χ1v) is 6.92. The predicted molar refractivity (Wildman–Crippen MR) is 87.2 cm³/mol. The highest BCUT2D eigenvalue weighted by Gasteiger charge is 2.15. The molecule has 0 aliphatic heterocycles. The summed E-state index contributed by atoms with van der Waals surface area (Å²) in [5.74, 6) is -0.171. The van der Waals surface area contributed by atoms with E-state index in [1.165, 1.54) is 18.2 Å². The van der Waals surface area contributed by atoms with E-state index >= 15 is 0 Å². The zero-order chi connectivity index (χ0) is 17.5. The number of ether oxygens (including phenoxy) is 1. The summed E-state index contributed by atoms with van der Waals surface area (Å²) in [6.07, 6.45) is 1.26. The Morgan fingerprint density at radius 1 is 1.33 bits per heavy atom. The van der Waals surface area contributed by atoms with E-state index in [1.807, 2.05) is 0 Å². The number of amides is 1. The van der Waals surface area contributed by atoms with Gasteiger partial charge in [-0.2, -0.15) is 5.10 Å². The van der Waals surface area contributed by atoms with E-state index < -0.39 is 16.4 Å². The monoisotopic (exact) mass is 329 g/mol. The lowest BCUT2D eigenvalue weighted by molar-refractivity contribution is -0.385. The predicted octanol–water partition coefficient (Wildman–Crippen LogP) is 2.00. The van der Waals surface area contributed by atoms with E-state index in [0.717, 1.165) is 11.8 Å². The molecule has 0 heterocycles. The van der Waals surface area contributed by atoms with Crippen LogP contribution in [0.2, 0.25) is 0 Å². The highest BCUT2D eigenvalue weighted by atomic mass is 16.6. The van der Waals surface area contributed by atoms with Gasteiger partial charge in [0.2, 0.25) is 11.7 Å². The standard InChI is InChI=1S/C16H15N3O5/c1-24-13-7-5-11(6-8-13)9-15(20)18-17-10-12-3-2-4-14(16(12)21)19(22)23/h2-8,10,21H,9H2,1H3,(H,18,20)/b17-10+. The number of hydrazone groups is 1. The summed E-state index contributed by atoms with van der Waals surface area (Å²) in [7, 11) is 1.56. The van der Waals surface area contributed by atoms with Gasteiger partial charge in [0.15, 0.2) is 0 Å². The van der Waals surface area contributed by atoms with Gasteiger partial charge in [0, 0.05) is 11.6 Å². The van der Waals surface area contributed by atoms with Crippen LogP contribution in [0, 0.1) is 10.1 Å². The van der Waals surface area contributed by atoms with E-state index in [2.05, 4.69) is 10.5 Å². The second-order valence-electron chi connectivity index (χ2n) is 4.79. The molecule has 2 rings (SSSR count). The van der Waals surface area contributed by atoms with Gasteiger partial charge in [-0.05, 0) is 23.8 Å².